The fourth-order valence-corrected chi connectivity index (χ4v) is 4.14. The van der Waals surface area contributed by atoms with Crippen molar-refractivity contribution in [2.45, 2.75) is 18.4 Å². The average molecular weight is 338 g/mol. The molecule has 2 unspecified atom stereocenters. The Morgan fingerprint density at radius 2 is 2.25 bits per heavy atom. The number of carbonyl (C=O) groups is 1. The number of nitrogens with two attached hydrogens (primary N) is 1. The van der Waals surface area contributed by atoms with E-state index in [1.165, 1.54) is 0 Å². The number of allylic oxidation sites excluding steroid dienone is 3. The van der Waals surface area contributed by atoms with Crippen LogP contribution in [0.1, 0.15) is 12.8 Å². The SMILES string of the molecule is CN1CC2(N=C1N)C1C(=O)C(Br)=CC=C1OCC21CC1. The molecule has 4 aliphatic rings. The van der Waals surface area contributed by atoms with Gasteiger partial charge in [-0.1, -0.05) is 0 Å². The van der Waals surface area contributed by atoms with E-state index >= 15 is 0 Å². The first-order chi connectivity index (χ1) is 9.49. The molecule has 6 heteroatoms. The molecule has 0 radical (unpaired) electrons. The summed E-state index contributed by atoms with van der Waals surface area (Å²) in [5, 5.41) is 0. The molecule has 2 atom stereocenters. The number of fused-ring (bicyclic) bond motifs is 3. The van der Waals surface area contributed by atoms with E-state index in [9.17, 15) is 4.79 Å². The van der Waals surface area contributed by atoms with E-state index in [4.69, 9.17) is 15.5 Å². The van der Waals surface area contributed by atoms with Gasteiger partial charge in [0.15, 0.2) is 11.7 Å². The number of Topliss-reactive ketones (excluding diaryl/α,β-unsaturated/α-hetero) is 1. The molecule has 5 nitrogen and oxygen atoms in total. The normalized spacial score (nSPS) is 37.3. The van der Waals surface area contributed by atoms with E-state index in [0.29, 0.717) is 23.6 Å². The molecule has 0 aromatic carbocycles. The van der Waals surface area contributed by atoms with E-state index < -0.39 is 5.54 Å². The standard InChI is InChI=1S/C14H16BrN3O2/c1-18-6-14(17-12(18)16)10-9(3-2-8(15)11(10)19)20-7-13(14)4-5-13/h2-3,10H,4-7H2,1H3,(H2,16,17). The highest BCUT2D eigenvalue weighted by molar-refractivity contribution is 9.12. The van der Waals surface area contributed by atoms with Gasteiger partial charge in [0, 0.05) is 19.0 Å². The monoisotopic (exact) mass is 337 g/mol. The van der Waals surface area contributed by atoms with Crippen LogP contribution in [0.3, 0.4) is 0 Å². The first-order valence-corrected chi connectivity index (χ1v) is 7.59. The summed E-state index contributed by atoms with van der Waals surface area (Å²) in [6.07, 6.45) is 5.75. The molecule has 2 heterocycles. The maximum absolute atomic E-state index is 12.7. The zero-order valence-corrected chi connectivity index (χ0v) is 12.8. The smallest absolute Gasteiger partial charge is 0.191 e. The lowest BCUT2D eigenvalue weighted by molar-refractivity contribution is -0.125. The Bertz CT molecular complexity index is 606. The molecule has 0 bridgehead atoms. The Morgan fingerprint density at radius 1 is 1.50 bits per heavy atom. The van der Waals surface area contributed by atoms with Gasteiger partial charge in [0.25, 0.3) is 0 Å². The summed E-state index contributed by atoms with van der Waals surface area (Å²) in [7, 11) is 1.93. The molecule has 2 N–H and O–H groups in total. The van der Waals surface area contributed by atoms with Crippen LogP contribution in [-0.4, -0.2) is 42.4 Å². The van der Waals surface area contributed by atoms with E-state index in [1.807, 2.05) is 18.0 Å². The van der Waals surface area contributed by atoms with Crippen molar-refractivity contribution in [1.29, 1.82) is 0 Å². The second kappa shape index (κ2) is 3.67. The van der Waals surface area contributed by atoms with Crippen molar-refractivity contribution in [2.24, 2.45) is 22.1 Å². The maximum Gasteiger partial charge on any atom is 0.191 e. The molecule has 2 fully saturated rings. The van der Waals surface area contributed by atoms with Gasteiger partial charge in [-0.2, -0.15) is 0 Å². The minimum atomic E-state index is -0.458. The number of guanidine groups is 1. The highest BCUT2D eigenvalue weighted by Crippen LogP contribution is 2.64. The number of nitrogens with zero attached hydrogens (tertiary/aromatic N) is 2. The van der Waals surface area contributed by atoms with Crippen LogP contribution in [0, 0.1) is 11.3 Å². The van der Waals surface area contributed by atoms with E-state index in [-0.39, 0.29) is 17.1 Å². The van der Waals surface area contributed by atoms with Crippen LogP contribution in [0.25, 0.3) is 0 Å². The predicted octanol–water partition coefficient (Wildman–Crippen LogP) is 1.16. The summed E-state index contributed by atoms with van der Waals surface area (Å²) in [4.78, 5) is 19.4. The highest BCUT2D eigenvalue weighted by Gasteiger charge is 2.70. The predicted molar refractivity (Wildman–Crippen MR) is 78.2 cm³/mol. The average Bonchev–Trinajstić information content (AvgIpc) is 3.13. The first kappa shape index (κ1) is 12.4. The van der Waals surface area contributed by atoms with Crippen LogP contribution >= 0.6 is 15.9 Å². The molecular weight excluding hydrogens is 322 g/mol. The lowest BCUT2D eigenvalue weighted by Crippen LogP contribution is -2.57. The minimum absolute atomic E-state index is 0.0231. The van der Waals surface area contributed by atoms with Crippen molar-refractivity contribution < 1.29 is 9.53 Å². The van der Waals surface area contributed by atoms with Gasteiger partial charge in [-0.15, -0.1) is 0 Å². The second-order valence-corrected chi connectivity index (χ2v) is 7.05. The molecule has 2 spiro atoms. The lowest BCUT2D eigenvalue weighted by atomic mass is 9.67. The molecule has 4 rings (SSSR count). The number of rotatable bonds is 0. The third kappa shape index (κ3) is 1.33. The van der Waals surface area contributed by atoms with Crippen molar-refractivity contribution >= 4 is 27.7 Å². The van der Waals surface area contributed by atoms with Gasteiger partial charge < -0.3 is 15.4 Å². The van der Waals surface area contributed by atoms with Crippen molar-refractivity contribution in [3.63, 3.8) is 0 Å². The summed E-state index contributed by atoms with van der Waals surface area (Å²) in [6, 6.07) is 0. The molecule has 0 aromatic rings. The summed E-state index contributed by atoms with van der Waals surface area (Å²) in [6.45, 7) is 1.33. The fraction of sp³-hybridized carbons (Fsp3) is 0.571. The largest absolute Gasteiger partial charge is 0.496 e. The number of halogens is 1. The molecule has 0 amide bonds. The number of carbonyl (C=O) groups excluding carboxylic acids is 1. The number of aliphatic imine (C=N–C) groups is 1. The summed E-state index contributed by atoms with van der Waals surface area (Å²) < 4.78 is 6.47. The second-order valence-electron chi connectivity index (χ2n) is 6.20. The van der Waals surface area contributed by atoms with E-state index in [2.05, 4.69) is 15.9 Å². The molecule has 0 aromatic heterocycles. The van der Waals surface area contributed by atoms with Crippen LogP contribution < -0.4 is 5.73 Å². The van der Waals surface area contributed by atoms with E-state index in [1.54, 1.807) is 6.08 Å². The van der Waals surface area contributed by atoms with Gasteiger partial charge in [0.1, 0.15) is 17.2 Å². The molecule has 106 valence electrons. The third-order valence-electron chi connectivity index (χ3n) is 5.12. The zero-order chi connectivity index (χ0) is 14.1. The summed E-state index contributed by atoms with van der Waals surface area (Å²) in [5.41, 5.74) is 5.53. The molecular formula is C14H16BrN3O2. The quantitative estimate of drug-likeness (QED) is 0.720. The molecule has 2 aliphatic heterocycles. The Kier molecular flexibility index (Phi) is 2.28. The molecule has 1 saturated heterocycles. The van der Waals surface area contributed by atoms with Gasteiger partial charge in [-0.25, -0.2) is 4.99 Å². The minimum Gasteiger partial charge on any atom is -0.496 e. The van der Waals surface area contributed by atoms with Gasteiger partial charge in [0.2, 0.25) is 0 Å². The summed E-state index contributed by atoms with van der Waals surface area (Å²) >= 11 is 3.35. The Balaban J connectivity index is 1.88. The van der Waals surface area contributed by atoms with Crippen molar-refractivity contribution in [3.05, 3.63) is 22.4 Å². The van der Waals surface area contributed by atoms with Crippen LogP contribution in [-0.2, 0) is 9.53 Å². The fourth-order valence-electron chi connectivity index (χ4n) is 3.78. The Hall–Kier alpha value is -1.30. The number of ketones is 1. The summed E-state index contributed by atoms with van der Waals surface area (Å²) in [5.74, 6) is 0.973. The van der Waals surface area contributed by atoms with Crippen LogP contribution in [0.2, 0.25) is 0 Å². The maximum atomic E-state index is 12.7. The van der Waals surface area contributed by atoms with Crippen molar-refractivity contribution in [3.8, 4) is 0 Å². The number of hydrogen-bond donors (Lipinski definition) is 1. The Labute approximate surface area is 125 Å². The van der Waals surface area contributed by atoms with Gasteiger partial charge in [-0.3, -0.25) is 4.79 Å². The third-order valence-corrected chi connectivity index (χ3v) is 5.78. The number of likely N-dealkylation sites (N-methyl/N-ethyl adjacent to an activating group) is 1. The first-order valence-electron chi connectivity index (χ1n) is 6.80. The highest BCUT2D eigenvalue weighted by atomic mass is 79.9. The van der Waals surface area contributed by atoms with Gasteiger partial charge in [0.05, 0.1) is 11.1 Å². The molecule has 1 saturated carbocycles. The lowest BCUT2D eigenvalue weighted by Gasteiger charge is -2.46. The van der Waals surface area contributed by atoms with Crippen LogP contribution in [0.4, 0.5) is 0 Å². The van der Waals surface area contributed by atoms with E-state index in [0.717, 1.165) is 18.6 Å². The molecule has 20 heavy (non-hydrogen) atoms. The Morgan fingerprint density at radius 3 is 2.85 bits per heavy atom. The number of ether oxygens (including phenoxy) is 1. The van der Waals surface area contributed by atoms with Gasteiger partial charge in [-0.05, 0) is 40.9 Å². The number of hydrogen-bond acceptors (Lipinski definition) is 5. The van der Waals surface area contributed by atoms with Crippen LogP contribution in [0.15, 0.2) is 27.4 Å². The van der Waals surface area contributed by atoms with Crippen LogP contribution in [0.5, 0.6) is 0 Å². The van der Waals surface area contributed by atoms with Gasteiger partial charge >= 0.3 is 0 Å². The molecule has 2 aliphatic carbocycles. The van der Waals surface area contributed by atoms with Crippen molar-refractivity contribution in [1.82, 2.24) is 4.90 Å². The zero-order valence-electron chi connectivity index (χ0n) is 11.2. The topological polar surface area (TPSA) is 67.9 Å². The van der Waals surface area contributed by atoms with Crippen molar-refractivity contribution in [2.75, 3.05) is 20.2 Å².